The number of nitrogens with zero attached hydrogens (tertiary/aromatic N) is 3. The summed E-state index contributed by atoms with van der Waals surface area (Å²) in [6, 6.07) is 42.5. The zero-order chi connectivity index (χ0) is 38.3. The number of rotatable bonds is 4. The van der Waals surface area contributed by atoms with Crippen molar-refractivity contribution in [1.82, 2.24) is 14.5 Å². The fourth-order valence-corrected chi connectivity index (χ4v) is 5.99. The van der Waals surface area contributed by atoms with Gasteiger partial charge >= 0.3 is 0 Å². The molecule has 8 rings (SSSR count). The van der Waals surface area contributed by atoms with Gasteiger partial charge in [-0.2, -0.15) is 0 Å². The number of para-hydroxylation sites is 2. The van der Waals surface area contributed by atoms with Gasteiger partial charge in [0.25, 0.3) is 0 Å². The van der Waals surface area contributed by atoms with Gasteiger partial charge in [-0.3, -0.25) is 16.3 Å². The first-order chi connectivity index (χ1) is 25.7. The van der Waals surface area contributed by atoms with Gasteiger partial charge in [0.05, 0.1) is 16.9 Å². The third kappa shape index (κ3) is 6.49. The van der Waals surface area contributed by atoms with Gasteiger partial charge in [-0.25, -0.2) is 0 Å². The first-order valence-corrected chi connectivity index (χ1v) is 15.1. The van der Waals surface area contributed by atoms with Crippen LogP contribution in [0.5, 0.6) is 0 Å². The van der Waals surface area contributed by atoms with E-state index in [0.29, 0.717) is 16.8 Å². The minimum absolute atomic E-state index is 0. The Bertz CT molecular complexity index is 2480. The topological polar surface area (TPSA) is 30.7 Å². The average Bonchev–Trinajstić information content (AvgIpc) is 3.76. The zero-order valence-electron chi connectivity index (χ0n) is 33.3. The smallest absolute Gasteiger partial charge is 0.0774 e. The third-order valence-electron chi connectivity index (χ3n) is 7.38. The van der Waals surface area contributed by atoms with E-state index in [1.54, 1.807) is 24.3 Å². The van der Waals surface area contributed by atoms with E-state index in [9.17, 15) is 0 Å². The summed E-state index contributed by atoms with van der Waals surface area (Å²) < 4.78 is 70.3. The molecule has 5 aromatic carbocycles. The van der Waals surface area contributed by atoms with Crippen molar-refractivity contribution in [2.45, 2.75) is 20.6 Å². The first-order valence-electron chi connectivity index (χ1n) is 18.7. The number of aryl methyl sites for hydroxylation is 3. The van der Waals surface area contributed by atoms with Crippen molar-refractivity contribution in [1.29, 1.82) is 0 Å². The number of fused-ring (bicyclic) bond motifs is 2. The summed E-state index contributed by atoms with van der Waals surface area (Å²) >= 11 is 1.48. The molecular weight excluding hydrogens is 759 g/mol. The zero-order valence-corrected chi connectivity index (χ0v) is 27.5. The van der Waals surface area contributed by atoms with Gasteiger partial charge in [-0.1, -0.05) is 107 Å². The molecule has 0 aliphatic carbocycles. The number of thiophene rings is 1. The summed E-state index contributed by atoms with van der Waals surface area (Å²) in [6.07, 6.45) is 1.30. The molecule has 0 bridgehead atoms. The van der Waals surface area contributed by atoms with Crippen LogP contribution >= 0.6 is 11.3 Å². The predicted molar refractivity (Wildman–Crippen MR) is 189 cm³/mol. The van der Waals surface area contributed by atoms with Crippen LogP contribution in [0.15, 0.2) is 134 Å². The van der Waals surface area contributed by atoms with Crippen LogP contribution in [0.3, 0.4) is 0 Å². The van der Waals surface area contributed by atoms with Gasteiger partial charge in [0.2, 0.25) is 0 Å². The van der Waals surface area contributed by atoms with E-state index in [1.807, 2.05) is 42.5 Å². The number of hydrogen-bond donors (Lipinski definition) is 0. The fraction of sp³-hybridized carbons (Fsp3) is 0.0732. The van der Waals surface area contributed by atoms with Crippen LogP contribution in [-0.4, -0.2) is 14.5 Å². The van der Waals surface area contributed by atoms with Gasteiger partial charge in [-0.05, 0) is 60.4 Å². The molecule has 0 atom stereocenters. The predicted octanol–water partition coefficient (Wildman–Crippen LogP) is 10.8. The second kappa shape index (κ2) is 13.8. The fourth-order valence-electron chi connectivity index (χ4n) is 5.17. The molecule has 227 valence electrons. The molecular formula is C41H31IrN3S-2. The Labute approximate surface area is 300 Å². The van der Waals surface area contributed by atoms with Gasteiger partial charge in [0.1, 0.15) is 0 Å². The van der Waals surface area contributed by atoms with Crippen LogP contribution in [-0.2, 0) is 20.1 Å². The largest absolute Gasteiger partial charge is 0.333 e. The average molecular weight is 799 g/mol. The van der Waals surface area contributed by atoms with Crippen LogP contribution in [0.1, 0.15) is 29.0 Å². The van der Waals surface area contributed by atoms with Gasteiger partial charge < -0.3 is 9.55 Å². The van der Waals surface area contributed by atoms with E-state index in [-0.39, 0.29) is 31.2 Å². The second-order valence-corrected chi connectivity index (χ2v) is 11.2. The summed E-state index contributed by atoms with van der Waals surface area (Å²) in [7, 11) is 0. The summed E-state index contributed by atoms with van der Waals surface area (Å²) in [5.41, 5.74) is 7.85. The molecule has 0 saturated carbocycles. The molecule has 0 aliphatic rings. The maximum absolute atomic E-state index is 7.84. The molecule has 1 radical (unpaired) electrons. The molecule has 3 heterocycles. The molecule has 0 saturated heterocycles. The van der Waals surface area contributed by atoms with Gasteiger partial charge in [0.15, 0.2) is 0 Å². The van der Waals surface area contributed by atoms with Crippen LogP contribution in [0.4, 0.5) is 0 Å². The van der Waals surface area contributed by atoms with E-state index in [0.717, 1.165) is 43.8 Å². The Morgan fingerprint density at radius 2 is 1.46 bits per heavy atom. The number of imidazole rings is 1. The summed E-state index contributed by atoms with van der Waals surface area (Å²) in [6.45, 7) is -6.51. The summed E-state index contributed by atoms with van der Waals surface area (Å²) in [5.74, 6) is 0.752. The van der Waals surface area contributed by atoms with Gasteiger partial charge in [0, 0.05) is 44.3 Å². The molecule has 0 fully saturated rings. The monoisotopic (exact) mass is 799 g/mol. The van der Waals surface area contributed by atoms with E-state index in [1.165, 1.54) is 41.3 Å². The van der Waals surface area contributed by atoms with Crippen LogP contribution in [0.2, 0.25) is 0 Å². The quantitative estimate of drug-likeness (QED) is 0.166. The van der Waals surface area contributed by atoms with Crippen LogP contribution < -0.4 is 0 Å². The van der Waals surface area contributed by atoms with Crippen molar-refractivity contribution in [3.63, 3.8) is 0 Å². The summed E-state index contributed by atoms with van der Waals surface area (Å²) in [5, 5.41) is 4.25. The molecule has 8 aromatic rings. The minimum Gasteiger partial charge on any atom is -0.333 e. The van der Waals surface area contributed by atoms with Crippen molar-refractivity contribution in [2.75, 3.05) is 0 Å². The number of hydrogen-bond acceptors (Lipinski definition) is 3. The van der Waals surface area contributed by atoms with Crippen molar-refractivity contribution in [3.8, 4) is 39.5 Å². The Balaban J connectivity index is 0.000000211. The van der Waals surface area contributed by atoms with E-state index >= 15 is 0 Å². The third-order valence-corrected chi connectivity index (χ3v) is 8.26. The molecule has 0 aliphatic heterocycles. The number of aromatic nitrogens is 3. The van der Waals surface area contributed by atoms with Crippen molar-refractivity contribution in [3.05, 3.63) is 162 Å². The molecule has 0 N–H and O–H groups in total. The normalized spacial score (nSPS) is 14.5. The summed E-state index contributed by atoms with van der Waals surface area (Å²) in [4.78, 5) is 9.03. The maximum atomic E-state index is 7.84. The van der Waals surface area contributed by atoms with E-state index in [4.69, 9.17) is 17.3 Å². The Hall–Kier alpha value is -4.67. The Morgan fingerprint density at radius 3 is 2.20 bits per heavy atom. The van der Waals surface area contributed by atoms with Crippen LogP contribution in [0.25, 0.3) is 60.6 Å². The van der Waals surface area contributed by atoms with Crippen molar-refractivity contribution in [2.24, 2.45) is 0 Å². The Morgan fingerprint density at radius 1 is 0.717 bits per heavy atom. The van der Waals surface area contributed by atoms with Crippen molar-refractivity contribution < 1.29 is 32.4 Å². The first kappa shape index (κ1) is 22.0. The minimum atomic E-state index is -2.18. The Kier molecular flexibility index (Phi) is 6.57. The van der Waals surface area contributed by atoms with E-state index in [2.05, 4.69) is 63.5 Å². The van der Waals surface area contributed by atoms with Crippen molar-refractivity contribution >= 4 is 32.5 Å². The molecule has 46 heavy (non-hydrogen) atoms. The van der Waals surface area contributed by atoms with Crippen LogP contribution in [0, 0.1) is 32.0 Å². The van der Waals surface area contributed by atoms with Gasteiger partial charge in [-0.15, -0.1) is 46.8 Å². The SMILES string of the molecule is [2H]C([2H])([2H])c1c[c-]c(-c2ccc(C([2H])([2H])[2H])cn2)cc1.[2H]C([2H])([2H])c1ccc2s[c-]c(-c3nc4ccccc4n3-c3ccc(-c4ccccc4)cc3)c2c1.[Ir]. The molecule has 3 nitrogen and oxygen atoms in total. The molecule has 5 heteroatoms. The number of benzene rings is 5. The molecule has 0 spiro atoms. The van der Waals surface area contributed by atoms with E-state index < -0.39 is 20.6 Å². The molecule has 3 aromatic heterocycles. The standard InChI is InChI=1S/C28H19N2S.C13H12N.Ir/c1-19-11-16-27-23(17-19)24(18-31-27)28-29-25-9-5-6-10-26(25)30(28)22-14-12-21(13-15-22)20-7-3-2-4-8-20;1-10-3-6-12(7-4-10)13-8-5-11(2)9-14-13;/h2-17H,1H3;3-6,8-9H,1-2H3;/q2*-1;/i1D3;1D3,2D3;. The molecule has 0 unspecified atom stereocenters. The molecule has 0 amide bonds. The second-order valence-electron chi connectivity index (χ2n) is 10.4. The number of pyridine rings is 1. The maximum Gasteiger partial charge on any atom is 0.0774 e.